The van der Waals surface area contributed by atoms with Gasteiger partial charge in [-0.1, -0.05) is 12.1 Å². The van der Waals surface area contributed by atoms with Crippen LogP contribution in [0.25, 0.3) is 0 Å². The topological polar surface area (TPSA) is 41.3 Å². The van der Waals surface area contributed by atoms with E-state index in [1.54, 1.807) is 13.0 Å². The average Bonchev–Trinajstić information content (AvgIpc) is 2.18. The lowest BCUT2D eigenvalue weighted by atomic mass is 10.0. The van der Waals surface area contributed by atoms with Crippen molar-refractivity contribution in [2.24, 2.45) is 5.73 Å². The van der Waals surface area contributed by atoms with E-state index in [0.717, 1.165) is 5.56 Å². The SMILES string of the molecule is Cc1cc(C(CN)NN(C)C)ccc1F. The van der Waals surface area contributed by atoms with Crippen LogP contribution in [0.3, 0.4) is 0 Å². The standard InChI is InChI=1S/C11H18FN3/c1-8-6-9(4-5-10(8)12)11(7-13)14-15(2)3/h4-6,11,14H,7,13H2,1-3H3. The van der Waals surface area contributed by atoms with Crippen molar-refractivity contribution in [2.75, 3.05) is 20.6 Å². The number of nitrogens with zero attached hydrogens (tertiary/aromatic N) is 1. The number of benzene rings is 1. The van der Waals surface area contributed by atoms with Crippen LogP contribution in [0.4, 0.5) is 4.39 Å². The number of aryl methyl sites for hydroxylation is 1. The van der Waals surface area contributed by atoms with Crippen molar-refractivity contribution in [3.8, 4) is 0 Å². The Morgan fingerprint density at radius 3 is 2.60 bits per heavy atom. The van der Waals surface area contributed by atoms with E-state index in [0.29, 0.717) is 12.1 Å². The molecule has 0 saturated carbocycles. The molecule has 0 aliphatic rings. The highest BCUT2D eigenvalue weighted by Gasteiger charge is 2.10. The molecule has 0 bridgehead atoms. The van der Waals surface area contributed by atoms with Gasteiger partial charge in [0.05, 0.1) is 6.04 Å². The molecule has 0 saturated heterocycles. The molecule has 0 fully saturated rings. The van der Waals surface area contributed by atoms with Crippen molar-refractivity contribution in [3.63, 3.8) is 0 Å². The van der Waals surface area contributed by atoms with Gasteiger partial charge >= 0.3 is 0 Å². The van der Waals surface area contributed by atoms with Gasteiger partial charge in [0, 0.05) is 20.6 Å². The Balaban J connectivity index is 2.87. The third kappa shape index (κ3) is 3.27. The summed E-state index contributed by atoms with van der Waals surface area (Å²) in [5, 5.41) is 1.84. The predicted octanol–water partition coefficient (Wildman–Crippen LogP) is 1.20. The van der Waals surface area contributed by atoms with Crippen molar-refractivity contribution in [1.29, 1.82) is 0 Å². The first-order valence-electron chi connectivity index (χ1n) is 4.94. The van der Waals surface area contributed by atoms with Crippen LogP contribution in [0.15, 0.2) is 18.2 Å². The predicted molar refractivity (Wildman–Crippen MR) is 59.8 cm³/mol. The largest absolute Gasteiger partial charge is 0.329 e. The molecule has 0 amide bonds. The summed E-state index contributed by atoms with van der Waals surface area (Å²) in [5.41, 5.74) is 10.5. The molecule has 84 valence electrons. The molecule has 1 rings (SSSR count). The van der Waals surface area contributed by atoms with E-state index in [1.165, 1.54) is 6.07 Å². The van der Waals surface area contributed by atoms with Crippen LogP contribution in [-0.4, -0.2) is 25.6 Å². The summed E-state index contributed by atoms with van der Waals surface area (Å²) in [7, 11) is 3.80. The molecular formula is C11H18FN3. The number of hydrogen-bond acceptors (Lipinski definition) is 3. The molecule has 1 atom stereocenters. The van der Waals surface area contributed by atoms with Gasteiger partial charge in [0.15, 0.2) is 0 Å². The fraction of sp³-hybridized carbons (Fsp3) is 0.455. The Kier molecular flexibility index (Phi) is 4.20. The second kappa shape index (κ2) is 5.21. The molecule has 0 spiro atoms. The molecule has 3 N–H and O–H groups in total. The highest BCUT2D eigenvalue weighted by atomic mass is 19.1. The van der Waals surface area contributed by atoms with Crippen LogP contribution < -0.4 is 11.2 Å². The molecule has 0 aromatic heterocycles. The maximum absolute atomic E-state index is 13.1. The molecule has 4 heteroatoms. The van der Waals surface area contributed by atoms with E-state index < -0.39 is 0 Å². The summed E-state index contributed by atoms with van der Waals surface area (Å²) in [5.74, 6) is -0.181. The normalized spacial score (nSPS) is 13.2. The smallest absolute Gasteiger partial charge is 0.126 e. The summed E-state index contributed by atoms with van der Waals surface area (Å²) in [6, 6.07) is 5.09. The van der Waals surface area contributed by atoms with Crippen LogP contribution in [0, 0.1) is 12.7 Å². The lowest BCUT2D eigenvalue weighted by molar-refractivity contribution is 0.245. The van der Waals surface area contributed by atoms with Gasteiger partial charge in [0.1, 0.15) is 5.82 Å². The Morgan fingerprint density at radius 1 is 1.47 bits per heavy atom. The minimum atomic E-state index is -0.181. The first-order valence-corrected chi connectivity index (χ1v) is 4.94. The van der Waals surface area contributed by atoms with Gasteiger partial charge in [-0.25, -0.2) is 14.8 Å². The summed E-state index contributed by atoms with van der Waals surface area (Å²) < 4.78 is 13.1. The van der Waals surface area contributed by atoms with Gasteiger partial charge in [-0.15, -0.1) is 0 Å². The van der Waals surface area contributed by atoms with E-state index in [9.17, 15) is 4.39 Å². The minimum Gasteiger partial charge on any atom is -0.329 e. The Hall–Kier alpha value is -0.970. The zero-order valence-corrected chi connectivity index (χ0v) is 9.42. The van der Waals surface area contributed by atoms with Gasteiger partial charge in [0.25, 0.3) is 0 Å². The Morgan fingerprint density at radius 2 is 2.13 bits per heavy atom. The molecule has 0 aliphatic carbocycles. The highest BCUT2D eigenvalue weighted by Crippen LogP contribution is 2.15. The van der Waals surface area contributed by atoms with Crippen LogP contribution in [0.2, 0.25) is 0 Å². The lowest BCUT2D eigenvalue weighted by Gasteiger charge is -2.22. The Bertz CT molecular complexity index is 326. The number of nitrogens with two attached hydrogens (primary N) is 1. The van der Waals surface area contributed by atoms with Gasteiger partial charge in [-0.3, -0.25) is 0 Å². The monoisotopic (exact) mass is 211 g/mol. The van der Waals surface area contributed by atoms with E-state index >= 15 is 0 Å². The first kappa shape index (κ1) is 12.1. The van der Waals surface area contributed by atoms with E-state index in [2.05, 4.69) is 5.43 Å². The quantitative estimate of drug-likeness (QED) is 0.735. The van der Waals surface area contributed by atoms with Gasteiger partial charge in [-0.05, 0) is 24.1 Å². The molecule has 0 aliphatic heterocycles. The van der Waals surface area contributed by atoms with Crippen LogP contribution >= 0.6 is 0 Å². The molecular weight excluding hydrogens is 193 g/mol. The third-order valence-electron chi connectivity index (χ3n) is 2.23. The molecule has 1 aromatic rings. The molecule has 0 radical (unpaired) electrons. The van der Waals surface area contributed by atoms with E-state index in [-0.39, 0.29) is 11.9 Å². The van der Waals surface area contributed by atoms with E-state index in [4.69, 9.17) is 5.73 Å². The van der Waals surface area contributed by atoms with Crippen molar-refractivity contribution in [3.05, 3.63) is 35.1 Å². The molecule has 0 heterocycles. The number of hydrazine groups is 1. The fourth-order valence-electron chi connectivity index (χ4n) is 1.46. The highest BCUT2D eigenvalue weighted by molar-refractivity contribution is 5.26. The van der Waals surface area contributed by atoms with Crippen molar-refractivity contribution in [1.82, 2.24) is 10.4 Å². The minimum absolute atomic E-state index is 0.0271. The lowest BCUT2D eigenvalue weighted by Crippen LogP contribution is -2.38. The zero-order chi connectivity index (χ0) is 11.4. The maximum atomic E-state index is 13.1. The number of hydrogen-bond donors (Lipinski definition) is 2. The molecule has 15 heavy (non-hydrogen) atoms. The summed E-state index contributed by atoms with van der Waals surface area (Å²) in [4.78, 5) is 0. The molecule has 3 nitrogen and oxygen atoms in total. The second-order valence-electron chi connectivity index (χ2n) is 3.82. The van der Waals surface area contributed by atoms with E-state index in [1.807, 2.05) is 25.2 Å². The van der Waals surface area contributed by atoms with Crippen LogP contribution in [0.5, 0.6) is 0 Å². The zero-order valence-electron chi connectivity index (χ0n) is 9.42. The van der Waals surface area contributed by atoms with Crippen LogP contribution in [-0.2, 0) is 0 Å². The number of rotatable bonds is 4. The summed E-state index contributed by atoms with van der Waals surface area (Å²) in [6.07, 6.45) is 0. The van der Waals surface area contributed by atoms with Crippen molar-refractivity contribution >= 4 is 0 Å². The van der Waals surface area contributed by atoms with Gasteiger partial charge in [-0.2, -0.15) is 0 Å². The Labute approximate surface area is 90.0 Å². The number of halogens is 1. The van der Waals surface area contributed by atoms with Gasteiger partial charge < -0.3 is 5.73 Å². The third-order valence-corrected chi connectivity index (χ3v) is 2.23. The second-order valence-corrected chi connectivity index (χ2v) is 3.82. The van der Waals surface area contributed by atoms with Crippen molar-refractivity contribution < 1.29 is 4.39 Å². The first-order chi connectivity index (χ1) is 7.04. The maximum Gasteiger partial charge on any atom is 0.126 e. The molecule has 1 aromatic carbocycles. The summed E-state index contributed by atoms with van der Waals surface area (Å²) in [6.45, 7) is 2.23. The fourth-order valence-corrected chi connectivity index (χ4v) is 1.46. The number of nitrogens with one attached hydrogen (secondary N) is 1. The van der Waals surface area contributed by atoms with Gasteiger partial charge in [0.2, 0.25) is 0 Å². The molecule has 1 unspecified atom stereocenters. The van der Waals surface area contributed by atoms with Crippen molar-refractivity contribution in [2.45, 2.75) is 13.0 Å². The van der Waals surface area contributed by atoms with Crippen LogP contribution in [0.1, 0.15) is 17.2 Å². The summed E-state index contributed by atoms with van der Waals surface area (Å²) >= 11 is 0. The average molecular weight is 211 g/mol.